The summed E-state index contributed by atoms with van der Waals surface area (Å²) in [4.78, 5) is 0. The van der Waals surface area contributed by atoms with Crippen LogP contribution in [0, 0.1) is 0 Å². The Morgan fingerprint density at radius 2 is 1.35 bits per heavy atom. The summed E-state index contributed by atoms with van der Waals surface area (Å²) in [5.41, 5.74) is 1.69. The van der Waals surface area contributed by atoms with Gasteiger partial charge in [0.2, 0.25) is 5.75 Å². The fourth-order valence-electron chi connectivity index (χ4n) is 2.17. The van der Waals surface area contributed by atoms with Crippen molar-refractivity contribution < 1.29 is 24.1 Å². The largest absolute Gasteiger partial charge is 0.502 e. The molecule has 0 atom stereocenters. The van der Waals surface area contributed by atoms with E-state index < -0.39 is 0 Å². The molecular weight excluding hydrogens is 296 g/mol. The van der Waals surface area contributed by atoms with Gasteiger partial charge in [0.25, 0.3) is 0 Å². The second-order valence-electron chi connectivity index (χ2n) is 4.72. The summed E-state index contributed by atoms with van der Waals surface area (Å²) in [7, 11) is 6.22. The smallest absolute Gasteiger partial charge is 0.200 e. The van der Waals surface area contributed by atoms with Gasteiger partial charge in [-0.05, 0) is 35.9 Å². The molecule has 2 aromatic rings. The van der Waals surface area contributed by atoms with Gasteiger partial charge < -0.3 is 24.1 Å². The SMILES string of the molecule is COc1ccc(OC)c(/C=C/c2cc(OC)c(O)c(OC)c2)c1. The third-order valence-electron chi connectivity index (χ3n) is 3.39. The molecule has 0 spiro atoms. The standard InChI is InChI=1S/C18H20O5/c1-20-14-7-8-15(21-2)13(11-14)6-5-12-9-16(22-3)18(19)17(10-12)23-4/h5-11,19H,1-4H3/b6-5+. The van der Waals surface area contributed by atoms with Gasteiger partial charge in [-0.15, -0.1) is 0 Å². The van der Waals surface area contributed by atoms with Crippen molar-refractivity contribution in [2.24, 2.45) is 0 Å². The lowest BCUT2D eigenvalue weighted by molar-refractivity contribution is 0.340. The minimum atomic E-state index is -0.0221. The van der Waals surface area contributed by atoms with Crippen LogP contribution in [0.5, 0.6) is 28.7 Å². The summed E-state index contributed by atoms with van der Waals surface area (Å²) in [6.45, 7) is 0. The number of aromatic hydroxyl groups is 1. The summed E-state index contributed by atoms with van der Waals surface area (Å²) < 4.78 is 20.9. The molecular formula is C18H20O5. The van der Waals surface area contributed by atoms with E-state index in [1.807, 2.05) is 30.4 Å². The second-order valence-corrected chi connectivity index (χ2v) is 4.72. The molecule has 0 unspecified atom stereocenters. The Morgan fingerprint density at radius 1 is 0.739 bits per heavy atom. The molecule has 1 N–H and O–H groups in total. The van der Waals surface area contributed by atoms with E-state index in [2.05, 4.69) is 0 Å². The van der Waals surface area contributed by atoms with Crippen LogP contribution in [0.15, 0.2) is 30.3 Å². The first-order valence-electron chi connectivity index (χ1n) is 6.98. The topological polar surface area (TPSA) is 57.2 Å². The molecule has 122 valence electrons. The first-order chi connectivity index (χ1) is 11.1. The summed E-state index contributed by atoms with van der Waals surface area (Å²) in [5.74, 6) is 2.15. The van der Waals surface area contributed by atoms with Crippen molar-refractivity contribution in [1.29, 1.82) is 0 Å². The van der Waals surface area contributed by atoms with E-state index in [-0.39, 0.29) is 5.75 Å². The summed E-state index contributed by atoms with van der Waals surface area (Å²) >= 11 is 0. The monoisotopic (exact) mass is 316 g/mol. The van der Waals surface area contributed by atoms with Crippen LogP contribution in [0.25, 0.3) is 12.2 Å². The summed E-state index contributed by atoms with van der Waals surface area (Å²) in [6, 6.07) is 9.01. The highest BCUT2D eigenvalue weighted by Gasteiger charge is 2.10. The molecule has 23 heavy (non-hydrogen) atoms. The molecule has 0 aliphatic rings. The van der Waals surface area contributed by atoms with Gasteiger partial charge in [-0.25, -0.2) is 0 Å². The van der Waals surface area contributed by atoms with E-state index >= 15 is 0 Å². The number of rotatable bonds is 6. The number of hydrogen-bond acceptors (Lipinski definition) is 5. The fourth-order valence-corrected chi connectivity index (χ4v) is 2.17. The zero-order valence-electron chi connectivity index (χ0n) is 13.6. The Bertz CT molecular complexity index is 682. The maximum atomic E-state index is 9.94. The van der Waals surface area contributed by atoms with Gasteiger partial charge in [0.1, 0.15) is 11.5 Å². The van der Waals surface area contributed by atoms with Gasteiger partial charge in [-0.2, -0.15) is 0 Å². The first kappa shape index (κ1) is 16.5. The number of hydrogen-bond donors (Lipinski definition) is 1. The van der Waals surface area contributed by atoms with Gasteiger partial charge in [0.05, 0.1) is 28.4 Å². The van der Waals surface area contributed by atoms with Crippen LogP contribution in [-0.2, 0) is 0 Å². The molecule has 2 rings (SSSR count). The lowest BCUT2D eigenvalue weighted by Crippen LogP contribution is -1.91. The van der Waals surface area contributed by atoms with Crippen LogP contribution in [0.2, 0.25) is 0 Å². The Balaban J connectivity index is 2.40. The molecule has 0 saturated carbocycles. The van der Waals surface area contributed by atoms with Crippen LogP contribution in [-0.4, -0.2) is 33.5 Å². The normalized spacial score (nSPS) is 10.6. The third-order valence-corrected chi connectivity index (χ3v) is 3.39. The molecule has 0 aromatic heterocycles. The van der Waals surface area contributed by atoms with E-state index in [4.69, 9.17) is 18.9 Å². The number of phenols is 1. The van der Waals surface area contributed by atoms with Gasteiger partial charge >= 0.3 is 0 Å². The van der Waals surface area contributed by atoms with Crippen molar-refractivity contribution in [3.05, 3.63) is 41.5 Å². The second kappa shape index (κ2) is 7.45. The molecule has 0 amide bonds. The van der Waals surface area contributed by atoms with Crippen LogP contribution in [0.4, 0.5) is 0 Å². The average molecular weight is 316 g/mol. The fraction of sp³-hybridized carbons (Fsp3) is 0.222. The molecule has 0 aliphatic heterocycles. The lowest BCUT2D eigenvalue weighted by Gasteiger charge is -2.10. The minimum absolute atomic E-state index is 0.0221. The number of methoxy groups -OCH3 is 4. The van der Waals surface area contributed by atoms with Crippen molar-refractivity contribution in [2.75, 3.05) is 28.4 Å². The molecule has 0 aliphatic carbocycles. The molecule has 5 heteroatoms. The van der Waals surface area contributed by atoms with Crippen molar-refractivity contribution in [1.82, 2.24) is 0 Å². The van der Waals surface area contributed by atoms with Crippen molar-refractivity contribution >= 4 is 12.2 Å². The Kier molecular flexibility index (Phi) is 5.36. The zero-order chi connectivity index (χ0) is 16.8. The Hall–Kier alpha value is -2.82. The van der Waals surface area contributed by atoms with Crippen molar-refractivity contribution in [3.63, 3.8) is 0 Å². The minimum Gasteiger partial charge on any atom is -0.502 e. The quantitative estimate of drug-likeness (QED) is 0.825. The molecule has 0 saturated heterocycles. The third kappa shape index (κ3) is 3.69. The van der Waals surface area contributed by atoms with Gasteiger partial charge in [0.15, 0.2) is 11.5 Å². The van der Waals surface area contributed by atoms with E-state index in [0.717, 1.165) is 22.6 Å². The average Bonchev–Trinajstić information content (AvgIpc) is 2.60. The van der Waals surface area contributed by atoms with Crippen LogP contribution < -0.4 is 18.9 Å². The van der Waals surface area contributed by atoms with E-state index in [1.165, 1.54) is 14.2 Å². The molecule has 5 nitrogen and oxygen atoms in total. The summed E-state index contributed by atoms with van der Waals surface area (Å²) in [5, 5.41) is 9.94. The van der Waals surface area contributed by atoms with E-state index in [9.17, 15) is 5.11 Å². The Morgan fingerprint density at radius 3 is 1.87 bits per heavy atom. The highest BCUT2D eigenvalue weighted by molar-refractivity contribution is 5.75. The predicted octanol–water partition coefficient (Wildman–Crippen LogP) is 3.60. The molecule has 0 heterocycles. The Labute approximate surface area is 135 Å². The predicted molar refractivity (Wildman–Crippen MR) is 89.7 cm³/mol. The van der Waals surface area contributed by atoms with Gasteiger partial charge in [0, 0.05) is 5.56 Å². The van der Waals surface area contributed by atoms with Gasteiger partial charge in [-0.3, -0.25) is 0 Å². The highest BCUT2D eigenvalue weighted by atomic mass is 16.5. The highest BCUT2D eigenvalue weighted by Crippen LogP contribution is 2.37. The number of ether oxygens (including phenoxy) is 4. The number of phenolic OH excluding ortho intramolecular Hbond substituents is 1. The molecule has 0 fully saturated rings. The van der Waals surface area contributed by atoms with Crippen molar-refractivity contribution in [3.8, 4) is 28.7 Å². The molecule has 0 bridgehead atoms. The van der Waals surface area contributed by atoms with E-state index in [0.29, 0.717) is 11.5 Å². The van der Waals surface area contributed by atoms with Crippen LogP contribution in [0.3, 0.4) is 0 Å². The first-order valence-corrected chi connectivity index (χ1v) is 6.98. The van der Waals surface area contributed by atoms with E-state index in [1.54, 1.807) is 26.4 Å². The van der Waals surface area contributed by atoms with Crippen LogP contribution in [0.1, 0.15) is 11.1 Å². The maximum Gasteiger partial charge on any atom is 0.200 e. The lowest BCUT2D eigenvalue weighted by atomic mass is 10.1. The zero-order valence-corrected chi connectivity index (χ0v) is 13.6. The van der Waals surface area contributed by atoms with Crippen molar-refractivity contribution in [2.45, 2.75) is 0 Å². The maximum absolute atomic E-state index is 9.94. The van der Waals surface area contributed by atoms with Crippen LogP contribution >= 0.6 is 0 Å². The number of benzene rings is 2. The van der Waals surface area contributed by atoms with Gasteiger partial charge in [-0.1, -0.05) is 12.2 Å². The molecule has 0 radical (unpaired) electrons. The molecule has 2 aromatic carbocycles. The summed E-state index contributed by atoms with van der Waals surface area (Å²) in [6.07, 6.45) is 3.77.